The van der Waals surface area contributed by atoms with Gasteiger partial charge >= 0.3 is 16.1 Å². The first-order chi connectivity index (χ1) is 5.93. The molecule has 4 nitrogen and oxygen atoms in total. The topological polar surface area (TPSA) is 60.4 Å². The molecule has 0 radical (unpaired) electrons. The number of carbonyl (C=O) groups excluding carboxylic acids is 1. The van der Waals surface area contributed by atoms with E-state index in [4.69, 9.17) is 0 Å². The molecule has 0 aromatic heterocycles. The Morgan fingerprint density at radius 2 is 1.92 bits per heavy atom. The molecule has 0 unspecified atom stereocenters. The smallest absolute Gasteiger partial charge is 0.342 e. The van der Waals surface area contributed by atoms with Gasteiger partial charge in [-0.1, -0.05) is 13.0 Å². The third kappa shape index (κ3) is 4.67. The minimum atomic E-state index is -3.67. The van der Waals surface area contributed by atoms with Gasteiger partial charge < -0.3 is 4.18 Å². The van der Waals surface area contributed by atoms with Gasteiger partial charge in [0.2, 0.25) is 0 Å². The summed E-state index contributed by atoms with van der Waals surface area (Å²) < 4.78 is 26.0. The molecular weight excluding hydrogens is 192 g/mol. The highest BCUT2D eigenvalue weighted by molar-refractivity contribution is 7.87. The maximum atomic E-state index is 11.0. The van der Waals surface area contributed by atoms with Gasteiger partial charge in [0.15, 0.2) is 0 Å². The van der Waals surface area contributed by atoms with E-state index < -0.39 is 16.1 Å². The van der Waals surface area contributed by atoms with Gasteiger partial charge in [-0.15, -0.1) is 0 Å². The van der Waals surface area contributed by atoms with Gasteiger partial charge in [-0.3, -0.25) is 0 Å². The minimum absolute atomic E-state index is 0.196. The number of rotatable bonds is 4. The summed E-state index contributed by atoms with van der Waals surface area (Å²) in [6.45, 7) is 4.80. The second kappa shape index (κ2) is 5.01. The molecule has 0 aliphatic carbocycles. The van der Waals surface area contributed by atoms with Crippen LogP contribution < -0.4 is 0 Å². The third-order valence-electron chi connectivity index (χ3n) is 1.39. The first kappa shape index (κ1) is 12.2. The van der Waals surface area contributed by atoms with Gasteiger partial charge in [0.25, 0.3) is 0 Å². The first-order valence-electron chi connectivity index (χ1n) is 4.06. The van der Waals surface area contributed by atoms with Crippen molar-refractivity contribution in [2.45, 2.75) is 27.2 Å². The van der Waals surface area contributed by atoms with Crippen molar-refractivity contribution in [2.24, 2.45) is 0 Å². The molecule has 5 heteroatoms. The van der Waals surface area contributed by atoms with E-state index in [1.807, 2.05) is 6.92 Å². The van der Waals surface area contributed by atoms with E-state index in [-0.39, 0.29) is 5.75 Å². The molecule has 0 aliphatic heterocycles. The van der Waals surface area contributed by atoms with Crippen LogP contribution in [-0.2, 0) is 19.1 Å². The van der Waals surface area contributed by atoms with Gasteiger partial charge in [0.1, 0.15) is 0 Å². The fraction of sp³-hybridized carbons (Fsp3) is 0.625. The van der Waals surface area contributed by atoms with Gasteiger partial charge in [-0.25, -0.2) is 4.79 Å². The lowest BCUT2D eigenvalue weighted by atomic mass is 10.2. The van der Waals surface area contributed by atoms with Crippen LogP contribution in [0.25, 0.3) is 0 Å². The molecule has 0 spiro atoms. The summed E-state index contributed by atoms with van der Waals surface area (Å²) in [4.78, 5) is 11.0. The molecular formula is C8H14O4S. The van der Waals surface area contributed by atoms with Crippen molar-refractivity contribution < 1.29 is 17.4 Å². The van der Waals surface area contributed by atoms with E-state index in [0.29, 0.717) is 12.0 Å². The molecule has 0 heterocycles. The Hall–Kier alpha value is -0.840. The minimum Gasteiger partial charge on any atom is -0.342 e. The van der Waals surface area contributed by atoms with Crippen LogP contribution in [0.4, 0.5) is 0 Å². The van der Waals surface area contributed by atoms with Crippen molar-refractivity contribution in [1.29, 1.82) is 0 Å². The summed E-state index contributed by atoms with van der Waals surface area (Å²) in [5, 5.41) is 0. The maximum Gasteiger partial charge on any atom is 0.349 e. The second-order valence-corrected chi connectivity index (χ2v) is 4.37. The SMILES string of the molecule is CCC=C(C)C(=O)OS(=O)(=O)CC. The van der Waals surface area contributed by atoms with E-state index >= 15 is 0 Å². The highest BCUT2D eigenvalue weighted by Crippen LogP contribution is 2.02. The number of hydrogen-bond acceptors (Lipinski definition) is 4. The van der Waals surface area contributed by atoms with Crippen LogP contribution in [-0.4, -0.2) is 20.1 Å². The van der Waals surface area contributed by atoms with E-state index in [0.717, 1.165) is 0 Å². The number of allylic oxidation sites excluding steroid dienone is 1. The van der Waals surface area contributed by atoms with Crippen LogP contribution in [0.3, 0.4) is 0 Å². The molecule has 0 aromatic rings. The van der Waals surface area contributed by atoms with Crippen LogP contribution in [0.15, 0.2) is 11.6 Å². The summed E-state index contributed by atoms with van der Waals surface area (Å²) in [7, 11) is -3.67. The molecule has 0 aliphatic rings. The highest BCUT2D eigenvalue weighted by atomic mass is 32.2. The van der Waals surface area contributed by atoms with Crippen LogP contribution in [0, 0.1) is 0 Å². The lowest BCUT2D eigenvalue weighted by Gasteiger charge is -2.02. The van der Waals surface area contributed by atoms with Crippen molar-refractivity contribution in [1.82, 2.24) is 0 Å². The summed E-state index contributed by atoms with van der Waals surface area (Å²) in [6, 6.07) is 0. The maximum absolute atomic E-state index is 11.0. The number of hydrogen-bond donors (Lipinski definition) is 0. The summed E-state index contributed by atoms with van der Waals surface area (Å²) in [5.41, 5.74) is 0.319. The fourth-order valence-corrected chi connectivity index (χ4v) is 1.11. The zero-order chi connectivity index (χ0) is 10.5. The molecule has 0 N–H and O–H groups in total. The lowest BCUT2D eigenvalue weighted by molar-refractivity contribution is -0.129. The summed E-state index contributed by atoms with van der Waals surface area (Å²) in [6.07, 6.45) is 2.29. The molecule has 0 amide bonds. The Kier molecular flexibility index (Phi) is 4.69. The van der Waals surface area contributed by atoms with Gasteiger partial charge in [-0.05, 0) is 20.3 Å². The summed E-state index contributed by atoms with van der Waals surface area (Å²) >= 11 is 0. The molecule has 0 saturated heterocycles. The largest absolute Gasteiger partial charge is 0.349 e. The van der Waals surface area contributed by atoms with Crippen LogP contribution >= 0.6 is 0 Å². The molecule has 76 valence electrons. The highest BCUT2D eigenvalue weighted by Gasteiger charge is 2.15. The normalized spacial score (nSPS) is 12.7. The average molecular weight is 206 g/mol. The van der Waals surface area contributed by atoms with Crippen molar-refractivity contribution in [3.63, 3.8) is 0 Å². The first-order valence-corrected chi connectivity index (χ1v) is 5.64. The van der Waals surface area contributed by atoms with Gasteiger partial charge in [-0.2, -0.15) is 8.42 Å². The van der Waals surface area contributed by atoms with Crippen LogP contribution in [0.1, 0.15) is 27.2 Å². The molecule has 0 rings (SSSR count). The molecule has 0 atom stereocenters. The van der Waals surface area contributed by atoms with Crippen molar-refractivity contribution >= 4 is 16.1 Å². The second-order valence-electron chi connectivity index (χ2n) is 2.51. The monoisotopic (exact) mass is 206 g/mol. The Labute approximate surface area is 78.7 Å². The summed E-state index contributed by atoms with van der Waals surface area (Å²) in [5.74, 6) is -0.985. The average Bonchev–Trinajstić information content (AvgIpc) is 2.04. The van der Waals surface area contributed by atoms with Crippen LogP contribution in [0.5, 0.6) is 0 Å². The Balaban J connectivity index is 4.42. The zero-order valence-electron chi connectivity index (χ0n) is 8.03. The van der Waals surface area contributed by atoms with Gasteiger partial charge in [0, 0.05) is 5.57 Å². The molecule has 0 aromatic carbocycles. The predicted molar refractivity (Wildman–Crippen MR) is 49.6 cm³/mol. The molecule has 0 saturated carbocycles. The lowest BCUT2D eigenvalue weighted by Crippen LogP contribution is -2.15. The Morgan fingerprint density at radius 3 is 2.31 bits per heavy atom. The van der Waals surface area contributed by atoms with Crippen molar-refractivity contribution in [2.75, 3.05) is 5.75 Å². The number of carbonyl (C=O) groups is 1. The van der Waals surface area contributed by atoms with E-state index in [2.05, 4.69) is 4.18 Å². The van der Waals surface area contributed by atoms with Crippen molar-refractivity contribution in [3.05, 3.63) is 11.6 Å². The van der Waals surface area contributed by atoms with Crippen LogP contribution in [0.2, 0.25) is 0 Å². The van der Waals surface area contributed by atoms with Crippen molar-refractivity contribution in [3.8, 4) is 0 Å². The molecule has 13 heavy (non-hydrogen) atoms. The Bertz CT molecular complexity index is 300. The molecule has 0 bridgehead atoms. The van der Waals surface area contributed by atoms with E-state index in [1.165, 1.54) is 13.8 Å². The van der Waals surface area contributed by atoms with Gasteiger partial charge in [0.05, 0.1) is 5.75 Å². The zero-order valence-corrected chi connectivity index (χ0v) is 8.85. The van der Waals surface area contributed by atoms with E-state index in [9.17, 15) is 13.2 Å². The Morgan fingerprint density at radius 1 is 1.38 bits per heavy atom. The third-order valence-corrected chi connectivity index (χ3v) is 2.50. The predicted octanol–water partition coefficient (Wildman–Crippen LogP) is 1.24. The quantitative estimate of drug-likeness (QED) is 0.513. The molecule has 0 fully saturated rings. The van der Waals surface area contributed by atoms with E-state index in [1.54, 1.807) is 6.08 Å². The standard InChI is InChI=1S/C8H14O4S/c1-4-6-7(3)8(9)12-13(10,11)5-2/h6H,4-5H2,1-3H3. The fourth-order valence-electron chi connectivity index (χ4n) is 0.629.